The van der Waals surface area contributed by atoms with E-state index in [-0.39, 0.29) is 11.6 Å². The van der Waals surface area contributed by atoms with Crippen LogP contribution in [-0.4, -0.2) is 11.8 Å². The molecule has 3 aromatic carbocycles. The molecule has 7 heteroatoms. The summed E-state index contributed by atoms with van der Waals surface area (Å²) < 4.78 is 0. The number of halogens is 2. The van der Waals surface area contributed by atoms with Gasteiger partial charge in [-0.25, -0.2) is 4.90 Å². The molecule has 0 spiro atoms. The molecule has 0 fully saturated rings. The number of hydrogen-bond donors (Lipinski definition) is 1. The summed E-state index contributed by atoms with van der Waals surface area (Å²) in [6.45, 7) is 0. The molecular weight excluding hydrogens is 427 g/mol. The zero-order valence-corrected chi connectivity index (χ0v) is 17.3. The lowest BCUT2D eigenvalue weighted by molar-refractivity contribution is -0.120. The van der Waals surface area contributed by atoms with E-state index in [4.69, 9.17) is 23.2 Å². The van der Waals surface area contributed by atoms with Crippen LogP contribution in [0.5, 0.6) is 0 Å². The highest BCUT2D eigenvalue weighted by Gasteiger charge is 2.40. The number of carbonyl (C=O) groups excluding carboxylic acids is 2. The number of benzene rings is 3. The second kappa shape index (κ2) is 8.33. The molecule has 4 nitrogen and oxygen atoms in total. The number of amides is 2. The lowest BCUT2D eigenvalue weighted by Gasteiger charge is -2.15. The summed E-state index contributed by atoms with van der Waals surface area (Å²) >= 11 is 13.2. The van der Waals surface area contributed by atoms with Gasteiger partial charge in [0.05, 0.1) is 5.69 Å². The van der Waals surface area contributed by atoms with E-state index in [0.717, 1.165) is 4.90 Å². The minimum absolute atomic E-state index is 0.209. The first-order valence-electron chi connectivity index (χ1n) is 8.67. The predicted molar refractivity (Wildman–Crippen MR) is 118 cm³/mol. The van der Waals surface area contributed by atoms with Gasteiger partial charge >= 0.3 is 0 Å². The van der Waals surface area contributed by atoms with Crippen molar-refractivity contribution in [3.8, 4) is 0 Å². The first-order chi connectivity index (χ1) is 14.0. The molecule has 1 heterocycles. The van der Waals surface area contributed by atoms with Gasteiger partial charge in [0.25, 0.3) is 11.8 Å². The third kappa shape index (κ3) is 4.17. The number of nitrogens with zero attached hydrogens (tertiary/aromatic N) is 1. The molecule has 3 aromatic rings. The van der Waals surface area contributed by atoms with E-state index in [1.54, 1.807) is 72.8 Å². The first-order valence-corrected chi connectivity index (χ1v) is 10.2. The fourth-order valence-corrected chi connectivity index (χ4v) is 4.10. The quantitative estimate of drug-likeness (QED) is 0.495. The van der Waals surface area contributed by atoms with Crippen molar-refractivity contribution in [2.24, 2.45) is 0 Å². The molecule has 29 heavy (non-hydrogen) atoms. The van der Waals surface area contributed by atoms with Gasteiger partial charge in [0.1, 0.15) is 10.6 Å². The van der Waals surface area contributed by atoms with Crippen molar-refractivity contribution >= 4 is 58.2 Å². The van der Waals surface area contributed by atoms with Crippen LogP contribution >= 0.6 is 35.0 Å². The fourth-order valence-electron chi connectivity index (χ4n) is 2.86. The molecule has 4 rings (SSSR count). The van der Waals surface area contributed by atoms with Crippen molar-refractivity contribution in [1.82, 2.24) is 0 Å². The monoisotopic (exact) mass is 440 g/mol. The SMILES string of the molecule is O=C1C(Nc2cccc(Cl)c2)=C(Sc2ccc(Cl)cc2)C(=O)N1c1ccccc1. The topological polar surface area (TPSA) is 49.4 Å². The maximum Gasteiger partial charge on any atom is 0.283 e. The van der Waals surface area contributed by atoms with Crippen molar-refractivity contribution < 1.29 is 9.59 Å². The fraction of sp³-hybridized carbons (Fsp3) is 0. The summed E-state index contributed by atoms with van der Waals surface area (Å²) in [6.07, 6.45) is 0. The van der Waals surface area contributed by atoms with E-state index in [0.29, 0.717) is 26.3 Å². The van der Waals surface area contributed by atoms with Crippen LogP contribution in [0.2, 0.25) is 10.0 Å². The second-order valence-electron chi connectivity index (χ2n) is 6.18. The van der Waals surface area contributed by atoms with Crippen LogP contribution in [0.4, 0.5) is 11.4 Å². The Morgan fingerprint density at radius 3 is 2.17 bits per heavy atom. The van der Waals surface area contributed by atoms with Gasteiger partial charge < -0.3 is 5.32 Å². The third-order valence-electron chi connectivity index (χ3n) is 4.18. The number of imide groups is 1. The Morgan fingerprint density at radius 2 is 1.48 bits per heavy atom. The molecule has 144 valence electrons. The Bertz CT molecular complexity index is 1120. The third-order valence-corrected chi connectivity index (χ3v) is 5.76. The molecule has 0 radical (unpaired) electrons. The molecule has 1 aliphatic heterocycles. The molecule has 1 aliphatic rings. The first kappa shape index (κ1) is 19.6. The van der Waals surface area contributed by atoms with Crippen molar-refractivity contribution in [2.45, 2.75) is 4.90 Å². The van der Waals surface area contributed by atoms with Gasteiger partial charge in [-0.05, 0) is 54.6 Å². The molecule has 0 atom stereocenters. The van der Waals surface area contributed by atoms with Crippen molar-refractivity contribution in [1.29, 1.82) is 0 Å². The van der Waals surface area contributed by atoms with Gasteiger partial charge in [-0.2, -0.15) is 0 Å². The van der Waals surface area contributed by atoms with Crippen LogP contribution < -0.4 is 10.2 Å². The lowest BCUT2D eigenvalue weighted by atomic mass is 10.3. The van der Waals surface area contributed by atoms with Crippen LogP contribution in [0.25, 0.3) is 0 Å². The molecule has 0 saturated carbocycles. The van der Waals surface area contributed by atoms with Crippen molar-refractivity contribution in [3.63, 3.8) is 0 Å². The maximum absolute atomic E-state index is 13.2. The van der Waals surface area contributed by atoms with E-state index >= 15 is 0 Å². The summed E-state index contributed by atoms with van der Waals surface area (Å²) in [4.78, 5) is 28.6. The normalized spacial score (nSPS) is 13.9. The van der Waals surface area contributed by atoms with E-state index in [1.807, 2.05) is 6.07 Å². The van der Waals surface area contributed by atoms with Crippen molar-refractivity contribution in [3.05, 3.63) is 99.5 Å². The number of hydrogen-bond acceptors (Lipinski definition) is 4. The number of nitrogens with one attached hydrogen (secondary N) is 1. The minimum Gasteiger partial charge on any atom is -0.350 e. The van der Waals surface area contributed by atoms with E-state index < -0.39 is 5.91 Å². The predicted octanol–water partition coefficient (Wildman–Crippen LogP) is 5.98. The van der Waals surface area contributed by atoms with Crippen LogP contribution in [-0.2, 0) is 9.59 Å². The number of para-hydroxylation sites is 1. The van der Waals surface area contributed by atoms with E-state index in [1.165, 1.54) is 16.7 Å². The molecule has 0 bridgehead atoms. The molecule has 2 amide bonds. The molecule has 0 saturated heterocycles. The smallest absolute Gasteiger partial charge is 0.283 e. The zero-order chi connectivity index (χ0) is 20.4. The zero-order valence-electron chi connectivity index (χ0n) is 14.9. The average Bonchev–Trinajstić information content (AvgIpc) is 2.94. The van der Waals surface area contributed by atoms with Gasteiger partial charge in [0.15, 0.2) is 0 Å². The lowest BCUT2D eigenvalue weighted by Crippen LogP contribution is -2.32. The highest BCUT2D eigenvalue weighted by atomic mass is 35.5. The molecule has 0 aliphatic carbocycles. The summed E-state index contributed by atoms with van der Waals surface area (Å²) in [5, 5.41) is 4.20. The van der Waals surface area contributed by atoms with Crippen molar-refractivity contribution in [2.75, 3.05) is 10.2 Å². The summed E-state index contributed by atoms with van der Waals surface area (Å²) in [6, 6.07) is 22.9. The largest absolute Gasteiger partial charge is 0.350 e. The second-order valence-corrected chi connectivity index (χ2v) is 8.13. The summed E-state index contributed by atoms with van der Waals surface area (Å²) in [7, 11) is 0. The Labute approximate surface area is 182 Å². The molecule has 0 unspecified atom stereocenters. The molecule has 1 N–H and O–H groups in total. The van der Waals surface area contributed by atoms with Crippen LogP contribution in [0.3, 0.4) is 0 Å². The Morgan fingerprint density at radius 1 is 0.759 bits per heavy atom. The maximum atomic E-state index is 13.2. The Balaban J connectivity index is 1.74. The van der Waals surface area contributed by atoms with Crippen LogP contribution in [0, 0.1) is 0 Å². The average molecular weight is 441 g/mol. The van der Waals surface area contributed by atoms with Gasteiger partial charge in [-0.1, -0.05) is 59.2 Å². The molecular formula is C22H14Cl2N2O2S. The number of carbonyl (C=O) groups is 2. The number of rotatable bonds is 5. The van der Waals surface area contributed by atoms with E-state index in [2.05, 4.69) is 5.32 Å². The van der Waals surface area contributed by atoms with E-state index in [9.17, 15) is 9.59 Å². The molecule has 0 aromatic heterocycles. The minimum atomic E-state index is -0.419. The highest BCUT2D eigenvalue weighted by molar-refractivity contribution is 8.04. The van der Waals surface area contributed by atoms with Gasteiger partial charge in [-0.15, -0.1) is 0 Å². The number of thioether (sulfide) groups is 1. The summed E-state index contributed by atoms with van der Waals surface area (Å²) in [5.74, 6) is -0.802. The Hall–Kier alpha value is -2.73. The summed E-state index contributed by atoms with van der Waals surface area (Å²) in [5.41, 5.74) is 1.35. The highest BCUT2D eigenvalue weighted by Crippen LogP contribution is 2.38. The number of anilines is 2. The van der Waals surface area contributed by atoms with Crippen LogP contribution in [0.1, 0.15) is 0 Å². The van der Waals surface area contributed by atoms with Crippen LogP contribution in [0.15, 0.2) is 94.4 Å². The standard InChI is InChI=1S/C22H14Cl2N2O2S/c23-14-9-11-18(12-10-14)29-20-19(25-16-6-4-5-15(24)13-16)21(27)26(22(20)28)17-7-2-1-3-8-17/h1-13,25H. The van der Waals surface area contributed by atoms with Gasteiger partial charge in [-0.3, -0.25) is 9.59 Å². The van der Waals surface area contributed by atoms with Gasteiger partial charge in [0.2, 0.25) is 0 Å². The Kier molecular flexibility index (Phi) is 5.62. The van der Waals surface area contributed by atoms with Gasteiger partial charge in [0, 0.05) is 20.6 Å².